The van der Waals surface area contributed by atoms with E-state index >= 15 is 0 Å². The molecular weight excluding hydrogens is 704 g/mol. The van der Waals surface area contributed by atoms with E-state index in [-0.39, 0.29) is 48.0 Å². The van der Waals surface area contributed by atoms with Gasteiger partial charge in [0.2, 0.25) is 0 Å². The highest BCUT2D eigenvalue weighted by Gasteiger charge is 2.71. The van der Waals surface area contributed by atoms with Gasteiger partial charge in [0.1, 0.15) is 36.6 Å². The maximum atomic E-state index is 12.7. The van der Waals surface area contributed by atoms with Crippen molar-refractivity contribution in [3.8, 4) is 0 Å². The molecule has 0 amide bonds. The fraction of sp³-hybridized carbons (Fsp3) is 1.00. The summed E-state index contributed by atoms with van der Waals surface area (Å²) < 4.78 is 35.0. The summed E-state index contributed by atoms with van der Waals surface area (Å²) in [6.45, 7) is 10.7. The first kappa shape index (κ1) is 43.0. The Morgan fingerprint density at radius 3 is 2.15 bits per heavy atom. The third kappa shape index (κ3) is 7.35. The third-order valence-corrected chi connectivity index (χ3v) is 15.6. The SMILES string of the molecule is COC1COC(OC2C(OCC(CCC(C)C3CC(O)C4C3(C)CCC3C5(C)CCC(O)C(O)C5C(O)CC34O)C(C)C)OC(CO)C2O)C(OC)C1O. The van der Waals surface area contributed by atoms with Crippen LogP contribution in [0.15, 0.2) is 0 Å². The van der Waals surface area contributed by atoms with Crippen molar-refractivity contribution in [3.63, 3.8) is 0 Å². The van der Waals surface area contributed by atoms with E-state index in [1.165, 1.54) is 14.2 Å². The molecule has 8 N–H and O–H groups in total. The maximum Gasteiger partial charge on any atom is 0.187 e. The van der Waals surface area contributed by atoms with Gasteiger partial charge < -0.3 is 69.3 Å². The molecule has 2 heterocycles. The summed E-state index contributed by atoms with van der Waals surface area (Å²) in [6, 6.07) is 0. The lowest BCUT2D eigenvalue weighted by Crippen LogP contribution is -2.70. The van der Waals surface area contributed by atoms with Crippen molar-refractivity contribution in [3.05, 3.63) is 0 Å². The number of hydrogen-bond acceptors (Lipinski definition) is 14. The van der Waals surface area contributed by atoms with Crippen molar-refractivity contribution in [2.24, 2.45) is 52.3 Å². The van der Waals surface area contributed by atoms with Crippen LogP contribution in [0.4, 0.5) is 0 Å². The van der Waals surface area contributed by atoms with Gasteiger partial charge in [-0.1, -0.05) is 41.0 Å². The highest BCUT2D eigenvalue weighted by Crippen LogP contribution is 2.70. The largest absolute Gasteiger partial charge is 0.394 e. The van der Waals surface area contributed by atoms with Gasteiger partial charge in [0.15, 0.2) is 12.6 Å². The van der Waals surface area contributed by atoms with Crippen LogP contribution in [0.25, 0.3) is 0 Å². The van der Waals surface area contributed by atoms with E-state index in [9.17, 15) is 40.9 Å². The Morgan fingerprint density at radius 1 is 0.796 bits per heavy atom. The van der Waals surface area contributed by atoms with Gasteiger partial charge in [-0.25, -0.2) is 0 Å². The van der Waals surface area contributed by atoms with Crippen molar-refractivity contribution in [1.82, 2.24) is 0 Å². The molecule has 21 unspecified atom stereocenters. The normalized spacial score (nSPS) is 51.8. The van der Waals surface area contributed by atoms with Crippen molar-refractivity contribution >= 4 is 0 Å². The van der Waals surface area contributed by atoms with Gasteiger partial charge >= 0.3 is 0 Å². The lowest BCUT2D eigenvalue weighted by Gasteiger charge is -2.66. The van der Waals surface area contributed by atoms with E-state index in [2.05, 4.69) is 34.6 Å². The molecule has 21 atom stereocenters. The first-order valence-corrected chi connectivity index (χ1v) is 20.5. The van der Waals surface area contributed by atoms with Gasteiger partial charge in [0.05, 0.1) is 49.8 Å². The molecule has 4 aliphatic carbocycles. The minimum atomic E-state index is -1.28. The Kier molecular flexibility index (Phi) is 13.2. The van der Waals surface area contributed by atoms with E-state index in [1.807, 2.05) is 0 Å². The standard InChI is InChI=1S/C40H70O14/c1-19(2)21(17-51-37-34(31(46)26(16-41)53-37)54-36-33(50-7)32(47)27(49-6)18-52-36)9-8-20(3)22-14-24(43)35-38(22,4)13-11-28-39(5)12-10-23(42)30(45)29(39)25(44)15-40(28,35)48/h19-37,41-48H,8-18H2,1-7H3. The molecule has 6 rings (SSSR count). The second kappa shape index (κ2) is 16.6. The van der Waals surface area contributed by atoms with Gasteiger partial charge in [0, 0.05) is 32.5 Å². The van der Waals surface area contributed by atoms with Crippen LogP contribution < -0.4 is 0 Å². The van der Waals surface area contributed by atoms with Gasteiger partial charge in [-0.2, -0.15) is 0 Å². The first-order chi connectivity index (χ1) is 25.5. The number of hydrogen-bond donors (Lipinski definition) is 8. The zero-order chi connectivity index (χ0) is 39.5. The fourth-order valence-electron chi connectivity index (χ4n) is 12.6. The minimum Gasteiger partial charge on any atom is -0.394 e. The Hall–Kier alpha value is -0.560. The van der Waals surface area contributed by atoms with Crippen LogP contribution in [0.3, 0.4) is 0 Å². The van der Waals surface area contributed by atoms with E-state index in [4.69, 9.17) is 28.4 Å². The van der Waals surface area contributed by atoms with Crippen molar-refractivity contribution < 1.29 is 69.3 Å². The zero-order valence-corrected chi connectivity index (χ0v) is 33.3. The molecule has 0 bridgehead atoms. The van der Waals surface area contributed by atoms with Crippen LogP contribution in [0.1, 0.15) is 86.0 Å². The Labute approximate surface area is 320 Å². The summed E-state index contributed by atoms with van der Waals surface area (Å²) in [7, 11) is 2.90. The molecule has 0 aromatic rings. The number of aliphatic hydroxyl groups excluding tert-OH is 7. The molecular formula is C40H70O14. The molecule has 6 aliphatic rings. The Bertz CT molecular complexity index is 1240. The molecule has 2 saturated heterocycles. The summed E-state index contributed by atoms with van der Waals surface area (Å²) in [5.74, 6) is -0.414. The molecule has 0 radical (unpaired) electrons. The highest BCUT2D eigenvalue weighted by atomic mass is 16.8. The number of ether oxygens (including phenoxy) is 6. The lowest BCUT2D eigenvalue weighted by atomic mass is 9.41. The average molecular weight is 775 g/mol. The van der Waals surface area contributed by atoms with Crippen LogP contribution in [0.5, 0.6) is 0 Å². The van der Waals surface area contributed by atoms with E-state index in [1.54, 1.807) is 0 Å². The number of aliphatic hydroxyl groups is 8. The van der Waals surface area contributed by atoms with Gasteiger partial charge in [-0.05, 0) is 78.9 Å². The van der Waals surface area contributed by atoms with Crippen LogP contribution in [0.2, 0.25) is 0 Å². The second-order valence-electron chi connectivity index (χ2n) is 18.8. The van der Waals surface area contributed by atoms with Gasteiger partial charge in [0.25, 0.3) is 0 Å². The average Bonchev–Trinajstić information content (AvgIpc) is 3.57. The second-order valence-corrected chi connectivity index (χ2v) is 18.8. The molecule has 14 nitrogen and oxygen atoms in total. The van der Waals surface area contributed by atoms with Crippen molar-refractivity contribution in [2.75, 3.05) is 34.0 Å². The molecule has 6 fully saturated rings. The number of fused-ring (bicyclic) bond motifs is 5. The maximum absolute atomic E-state index is 12.7. The highest BCUT2D eigenvalue weighted by molar-refractivity contribution is 5.21. The molecule has 2 aliphatic heterocycles. The summed E-state index contributed by atoms with van der Waals surface area (Å²) >= 11 is 0. The topological polar surface area (TPSA) is 217 Å². The molecule has 0 spiro atoms. The lowest BCUT2D eigenvalue weighted by molar-refractivity contribution is -0.310. The van der Waals surface area contributed by atoms with Crippen molar-refractivity contribution in [1.29, 1.82) is 0 Å². The monoisotopic (exact) mass is 774 g/mol. The predicted octanol–water partition coefficient (Wildman–Crippen LogP) is 0.949. The zero-order valence-electron chi connectivity index (χ0n) is 33.3. The minimum absolute atomic E-state index is 0.0586. The van der Waals surface area contributed by atoms with E-state index < -0.39 is 103 Å². The molecule has 0 aromatic carbocycles. The Balaban J connectivity index is 1.10. The van der Waals surface area contributed by atoms with Gasteiger partial charge in [-0.3, -0.25) is 0 Å². The van der Waals surface area contributed by atoms with Gasteiger partial charge in [-0.15, -0.1) is 0 Å². The molecule has 14 heteroatoms. The summed E-state index contributed by atoms with van der Waals surface area (Å²) in [6.07, 6.45) is -6.42. The van der Waals surface area contributed by atoms with Crippen LogP contribution in [-0.2, 0) is 28.4 Å². The quantitative estimate of drug-likeness (QED) is 0.131. The Morgan fingerprint density at radius 2 is 1.50 bits per heavy atom. The van der Waals surface area contributed by atoms with Crippen molar-refractivity contribution in [2.45, 2.75) is 165 Å². The summed E-state index contributed by atoms with van der Waals surface area (Å²) in [5, 5.41) is 89.0. The van der Waals surface area contributed by atoms with E-state index in [0.717, 1.165) is 25.7 Å². The van der Waals surface area contributed by atoms with E-state index in [0.29, 0.717) is 25.9 Å². The van der Waals surface area contributed by atoms with Crippen LogP contribution >= 0.6 is 0 Å². The predicted molar refractivity (Wildman–Crippen MR) is 193 cm³/mol. The summed E-state index contributed by atoms with van der Waals surface area (Å²) in [4.78, 5) is 0. The third-order valence-electron chi connectivity index (χ3n) is 15.6. The number of rotatable bonds is 13. The smallest absolute Gasteiger partial charge is 0.187 e. The first-order valence-electron chi connectivity index (χ1n) is 20.5. The molecule has 0 aromatic heterocycles. The summed E-state index contributed by atoms with van der Waals surface area (Å²) in [5.41, 5.74) is -2.18. The molecule has 4 saturated carbocycles. The fourth-order valence-corrected chi connectivity index (χ4v) is 12.6. The van der Waals surface area contributed by atoms with Crippen LogP contribution in [-0.4, -0.2) is 154 Å². The molecule has 54 heavy (non-hydrogen) atoms. The molecule has 314 valence electrons. The van der Waals surface area contributed by atoms with Crippen LogP contribution in [0, 0.1) is 52.3 Å². The number of methoxy groups -OCH3 is 2.